The second kappa shape index (κ2) is 11.5. The lowest BCUT2D eigenvalue weighted by atomic mass is 9.69. The van der Waals surface area contributed by atoms with Crippen molar-refractivity contribution in [2.24, 2.45) is 5.92 Å². The Morgan fingerprint density at radius 3 is 2.49 bits per heavy atom. The zero-order valence-electron chi connectivity index (χ0n) is 22.0. The molecule has 1 unspecified atom stereocenters. The molecular formula is C28H30ClNO8S. The fraction of sp³-hybridized carbons (Fsp3) is 0.393. The molecule has 0 saturated carbocycles. The molecule has 11 heteroatoms. The Bertz CT molecular complexity index is 1340. The Morgan fingerprint density at radius 2 is 1.90 bits per heavy atom. The van der Waals surface area contributed by atoms with Crippen LogP contribution < -0.4 is 19.5 Å². The Balaban J connectivity index is 1.90. The van der Waals surface area contributed by atoms with E-state index in [1.807, 2.05) is 18.4 Å². The predicted molar refractivity (Wildman–Crippen MR) is 146 cm³/mol. The number of aliphatic hydroxyl groups excluding tert-OH is 2. The fourth-order valence-corrected chi connectivity index (χ4v) is 5.89. The molecule has 3 atom stereocenters. The third-order valence-corrected chi connectivity index (χ3v) is 8.30. The lowest BCUT2D eigenvalue weighted by Gasteiger charge is -2.38. The Labute approximate surface area is 235 Å². The van der Waals surface area contributed by atoms with Crippen molar-refractivity contribution in [1.29, 1.82) is 0 Å². The van der Waals surface area contributed by atoms with E-state index in [1.54, 1.807) is 19.1 Å². The van der Waals surface area contributed by atoms with Crippen LogP contribution in [0.5, 0.6) is 17.2 Å². The van der Waals surface area contributed by atoms with E-state index in [1.165, 1.54) is 32.0 Å². The molecule has 1 spiro atoms. The number of carbonyl (C=O) groups excluding carboxylic acids is 3. The lowest BCUT2D eigenvalue weighted by Crippen LogP contribution is -2.53. The van der Waals surface area contributed by atoms with Crippen LogP contribution in [-0.4, -0.2) is 66.9 Å². The number of ketones is 2. The molecule has 208 valence electrons. The standard InChI is InChI=1S/C28H30ClNO8S/c1-14-11-18(32)22(17(12-21(33)30-9-10-31)15-5-7-16(39-4)8-6-15)26(34)28(14)27(35)23-19(36-2)13-20(37-3)24(29)25(23)38-28/h5-8,13-14,17,31,34H,9-12H2,1-4H3,(H,30,33)/t14-,17?,28+/m1/s1. The lowest BCUT2D eigenvalue weighted by molar-refractivity contribution is -0.122. The topological polar surface area (TPSA) is 131 Å². The van der Waals surface area contributed by atoms with Crippen LogP contribution in [0.4, 0.5) is 0 Å². The van der Waals surface area contributed by atoms with Crippen LogP contribution in [-0.2, 0) is 9.59 Å². The van der Waals surface area contributed by atoms with Crippen molar-refractivity contribution in [3.8, 4) is 17.2 Å². The average molecular weight is 576 g/mol. The van der Waals surface area contributed by atoms with Gasteiger partial charge in [-0.3, -0.25) is 14.4 Å². The van der Waals surface area contributed by atoms with Gasteiger partial charge < -0.3 is 29.7 Å². The summed E-state index contributed by atoms with van der Waals surface area (Å²) in [5.41, 5.74) is -1.38. The largest absolute Gasteiger partial charge is 0.507 e. The predicted octanol–water partition coefficient (Wildman–Crippen LogP) is 4.10. The number of ether oxygens (including phenoxy) is 3. The summed E-state index contributed by atoms with van der Waals surface area (Å²) in [6, 6.07) is 8.73. The first-order valence-electron chi connectivity index (χ1n) is 12.3. The quantitative estimate of drug-likeness (QED) is 0.378. The van der Waals surface area contributed by atoms with Gasteiger partial charge in [0.25, 0.3) is 0 Å². The number of methoxy groups -OCH3 is 2. The first-order chi connectivity index (χ1) is 18.6. The minimum absolute atomic E-state index is 0.00784. The number of halogens is 1. The minimum Gasteiger partial charge on any atom is -0.507 e. The SMILES string of the molecule is COc1cc(OC)c2c(c1Cl)O[C@]1(C2=O)C(O)=C(C(CC(=O)NCCO)c2ccc(SC)cc2)C(=O)C[C@H]1C. The van der Waals surface area contributed by atoms with Crippen molar-refractivity contribution in [3.05, 3.63) is 57.8 Å². The molecule has 2 aromatic carbocycles. The molecule has 1 aliphatic heterocycles. The van der Waals surface area contributed by atoms with Gasteiger partial charge in [0.2, 0.25) is 17.3 Å². The summed E-state index contributed by atoms with van der Waals surface area (Å²) in [5, 5.41) is 23.6. The number of nitrogens with one attached hydrogen (secondary N) is 1. The summed E-state index contributed by atoms with van der Waals surface area (Å²) in [7, 11) is 2.79. The molecule has 2 aromatic rings. The molecule has 1 amide bonds. The maximum absolute atomic E-state index is 14.1. The van der Waals surface area contributed by atoms with E-state index < -0.39 is 40.7 Å². The van der Waals surface area contributed by atoms with Crippen LogP contribution in [0.3, 0.4) is 0 Å². The van der Waals surface area contributed by atoms with E-state index in [0.717, 1.165) is 4.90 Å². The number of thioether (sulfide) groups is 1. The molecule has 4 rings (SSSR count). The molecule has 3 N–H and O–H groups in total. The highest BCUT2D eigenvalue weighted by molar-refractivity contribution is 7.98. The summed E-state index contributed by atoms with van der Waals surface area (Å²) < 4.78 is 17.0. The van der Waals surface area contributed by atoms with Gasteiger partial charge in [-0.25, -0.2) is 0 Å². The van der Waals surface area contributed by atoms with Gasteiger partial charge in [0.15, 0.2) is 17.3 Å². The minimum atomic E-state index is -1.95. The van der Waals surface area contributed by atoms with Crippen molar-refractivity contribution >= 4 is 40.8 Å². The number of fused-ring (bicyclic) bond motifs is 1. The highest BCUT2D eigenvalue weighted by atomic mass is 35.5. The number of rotatable bonds is 9. The van der Waals surface area contributed by atoms with Gasteiger partial charge in [-0.1, -0.05) is 30.7 Å². The van der Waals surface area contributed by atoms with Crippen LogP contribution >= 0.6 is 23.4 Å². The van der Waals surface area contributed by atoms with Crippen molar-refractivity contribution in [2.75, 3.05) is 33.6 Å². The third-order valence-electron chi connectivity index (χ3n) is 7.20. The molecule has 0 fully saturated rings. The van der Waals surface area contributed by atoms with Crippen LogP contribution in [0.2, 0.25) is 5.02 Å². The maximum Gasteiger partial charge on any atom is 0.231 e. The average Bonchev–Trinajstić information content (AvgIpc) is 3.25. The van der Waals surface area contributed by atoms with E-state index in [4.69, 9.17) is 30.9 Å². The van der Waals surface area contributed by atoms with Gasteiger partial charge in [-0.2, -0.15) is 0 Å². The number of carbonyl (C=O) groups is 3. The van der Waals surface area contributed by atoms with Gasteiger partial charge in [0.1, 0.15) is 22.1 Å². The highest BCUT2D eigenvalue weighted by Crippen LogP contribution is 2.55. The van der Waals surface area contributed by atoms with E-state index in [2.05, 4.69) is 5.32 Å². The third kappa shape index (κ3) is 4.85. The van der Waals surface area contributed by atoms with Crippen molar-refractivity contribution in [3.63, 3.8) is 0 Å². The molecule has 2 aliphatic rings. The number of hydrogen-bond acceptors (Lipinski definition) is 9. The van der Waals surface area contributed by atoms with Crippen LogP contribution in [0.1, 0.15) is 41.6 Å². The fourth-order valence-electron chi connectivity index (χ4n) is 5.21. The van der Waals surface area contributed by atoms with Crippen LogP contribution in [0, 0.1) is 5.92 Å². The number of aliphatic hydroxyl groups is 2. The molecule has 1 heterocycles. The first kappa shape index (κ1) is 28.8. The zero-order valence-corrected chi connectivity index (χ0v) is 23.6. The Morgan fingerprint density at radius 1 is 1.23 bits per heavy atom. The van der Waals surface area contributed by atoms with Crippen LogP contribution in [0.25, 0.3) is 0 Å². The number of benzene rings is 2. The summed E-state index contributed by atoms with van der Waals surface area (Å²) >= 11 is 8.05. The van der Waals surface area contributed by atoms with Crippen molar-refractivity contribution in [2.45, 2.75) is 36.2 Å². The molecule has 9 nitrogen and oxygen atoms in total. The van der Waals surface area contributed by atoms with Crippen molar-refractivity contribution < 1.29 is 38.8 Å². The van der Waals surface area contributed by atoms with Crippen molar-refractivity contribution in [1.82, 2.24) is 5.32 Å². The smallest absolute Gasteiger partial charge is 0.231 e. The zero-order chi connectivity index (χ0) is 28.5. The van der Waals surface area contributed by atoms with Gasteiger partial charge >= 0.3 is 0 Å². The molecular weight excluding hydrogens is 546 g/mol. The number of hydrogen-bond donors (Lipinski definition) is 3. The molecule has 0 aromatic heterocycles. The maximum atomic E-state index is 14.1. The van der Waals surface area contributed by atoms with Gasteiger partial charge in [-0.05, 0) is 24.0 Å². The summed E-state index contributed by atoms with van der Waals surface area (Å²) in [5.74, 6) is -3.28. The van der Waals surface area contributed by atoms with Crippen LogP contribution in [0.15, 0.2) is 46.6 Å². The monoisotopic (exact) mass is 575 g/mol. The Hall–Kier alpha value is -3.21. The van der Waals surface area contributed by atoms with E-state index in [0.29, 0.717) is 5.56 Å². The second-order valence-electron chi connectivity index (χ2n) is 9.36. The second-order valence-corrected chi connectivity index (χ2v) is 10.6. The molecule has 0 saturated heterocycles. The summed E-state index contributed by atoms with van der Waals surface area (Å²) in [4.78, 5) is 41.4. The number of amides is 1. The normalized spacial score (nSPS) is 21.0. The van der Waals surface area contributed by atoms with Gasteiger partial charge in [0, 0.05) is 47.8 Å². The van der Waals surface area contributed by atoms with E-state index in [-0.39, 0.29) is 59.4 Å². The van der Waals surface area contributed by atoms with Gasteiger partial charge in [0.05, 0.1) is 20.8 Å². The van der Waals surface area contributed by atoms with E-state index >= 15 is 0 Å². The number of allylic oxidation sites excluding steroid dienone is 1. The molecule has 0 bridgehead atoms. The summed E-state index contributed by atoms with van der Waals surface area (Å²) in [6.45, 7) is 1.43. The molecule has 39 heavy (non-hydrogen) atoms. The van der Waals surface area contributed by atoms with Gasteiger partial charge in [-0.15, -0.1) is 11.8 Å². The number of Topliss-reactive ketones (excluding diaryl/α,β-unsaturated/α-hetero) is 2. The Kier molecular flexibility index (Phi) is 8.48. The molecule has 0 radical (unpaired) electrons. The molecule has 1 aliphatic carbocycles. The van der Waals surface area contributed by atoms with E-state index in [9.17, 15) is 19.5 Å². The summed E-state index contributed by atoms with van der Waals surface area (Å²) in [6.07, 6.45) is 1.61. The first-order valence-corrected chi connectivity index (χ1v) is 13.9. The highest BCUT2D eigenvalue weighted by Gasteiger charge is 2.61.